The van der Waals surface area contributed by atoms with E-state index in [9.17, 15) is 9.59 Å². The van der Waals surface area contributed by atoms with Crippen molar-refractivity contribution in [2.45, 2.75) is 31.9 Å². The van der Waals surface area contributed by atoms with Gasteiger partial charge in [-0.3, -0.25) is 9.59 Å². The van der Waals surface area contributed by atoms with E-state index in [0.717, 1.165) is 25.0 Å². The molecule has 0 aliphatic carbocycles. The lowest BCUT2D eigenvalue weighted by atomic mass is 10.1. The molecule has 1 atom stereocenters. The molecule has 2 heterocycles. The first kappa shape index (κ1) is 25.2. The second-order valence-electron chi connectivity index (χ2n) is 8.54. The Balaban J connectivity index is 1.48. The third kappa shape index (κ3) is 6.42. The highest BCUT2D eigenvalue weighted by Gasteiger charge is 2.23. The second-order valence-corrected chi connectivity index (χ2v) is 8.54. The molecule has 1 aromatic heterocycles. The molecule has 1 N–H and O–H groups in total. The van der Waals surface area contributed by atoms with Crippen LogP contribution in [0.3, 0.4) is 0 Å². The first-order chi connectivity index (χ1) is 17.6. The smallest absolute Gasteiger partial charge is 0.276 e. The number of hydrogen-bond acceptors (Lipinski definition) is 7. The Labute approximate surface area is 210 Å². The van der Waals surface area contributed by atoms with Gasteiger partial charge in [-0.05, 0) is 36.6 Å². The zero-order chi connectivity index (χ0) is 25.3. The molecule has 1 fully saturated rings. The van der Waals surface area contributed by atoms with Crippen molar-refractivity contribution in [3.8, 4) is 22.8 Å². The number of amides is 2. The third-order valence-electron chi connectivity index (χ3n) is 6.06. The fraction of sp³-hybridized carbons (Fsp3) is 0.370. The number of methoxy groups -OCH3 is 2. The number of aromatic nitrogens is 1. The van der Waals surface area contributed by atoms with Crippen molar-refractivity contribution >= 4 is 11.8 Å². The fourth-order valence-corrected chi connectivity index (χ4v) is 4.09. The maximum absolute atomic E-state index is 13.4. The summed E-state index contributed by atoms with van der Waals surface area (Å²) >= 11 is 0. The van der Waals surface area contributed by atoms with Crippen molar-refractivity contribution in [3.63, 3.8) is 0 Å². The first-order valence-electron chi connectivity index (χ1n) is 12.0. The van der Waals surface area contributed by atoms with Gasteiger partial charge in [-0.2, -0.15) is 0 Å². The Hall–Kier alpha value is -3.85. The molecule has 1 aliphatic rings. The summed E-state index contributed by atoms with van der Waals surface area (Å²) in [4.78, 5) is 27.5. The molecule has 1 saturated heterocycles. The van der Waals surface area contributed by atoms with Gasteiger partial charge in [0.25, 0.3) is 5.91 Å². The monoisotopic (exact) mass is 493 g/mol. The third-order valence-corrected chi connectivity index (χ3v) is 6.06. The van der Waals surface area contributed by atoms with Crippen molar-refractivity contribution in [2.24, 2.45) is 0 Å². The topological polar surface area (TPSA) is 103 Å². The molecule has 9 heteroatoms. The minimum absolute atomic E-state index is 0.0677. The van der Waals surface area contributed by atoms with E-state index in [1.54, 1.807) is 43.4 Å². The zero-order valence-corrected chi connectivity index (χ0v) is 20.6. The molecule has 36 heavy (non-hydrogen) atoms. The van der Waals surface area contributed by atoms with Crippen LogP contribution in [0.25, 0.3) is 11.3 Å². The van der Waals surface area contributed by atoms with Crippen LogP contribution in [0.1, 0.15) is 35.3 Å². The predicted octanol–water partition coefficient (Wildman–Crippen LogP) is 3.69. The van der Waals surface area contributed by atoms with E-state index in [1.807, 2.05) is 30.3 Å². The lowest BCUT2D eigenvalue weighted by Crippen LogP contribution is -2.37. The minimum atomic E-state index is -0.331. The molecule has 0 radical (unpaired) electrons. The molecule has 4 rings (SSSR count). The molecular weight excluding hydrogens is 462 g/mol. The van der Waals surface area contributed by atoms with E-state index in [1.165, 1.54) is 0 Å². The van der Waals surface area contributed by atoms with Crippen LogP contribution in [-0.4, -0.2) is 61.9 Å². The van der Waals surface area contributed by atoms with Crippen molar-refractivity contribution in [1.29, 1.82) is 0 Å². The highest BCUT2D eigenvalue weighted by atomic mass is 16.5. The van der Waals surface area contributed by atoms with Crippen LogP contribution in [0.4, 0.5) is 0 Å². The van der Waals surface area contributed by atoms with Crippen molar-refractivity contribution in [2.75, 3.05) is 33.9 Å². The number of ether oxygens (including phenoxy) is 3. The molecular formula is C27H31N3O6. The maximum atomic E-state index is 13.4. The number of nitrogens with zero attached hydrogens (tertiary/aromatic N) is 2. The Morgan fingerprint density at radius 3 is 2.67 bits per heavy atom. The quantitative estimate of drug-likeness (QED) is 0.435. The molecule has 2 amide bonds. The summed E-state index contributed by atoms with van der Waals surface area (Å²) in [6.45, 7) is 1.79. The molecule has 0 unspecified atom stereocenters. The molecule has 0 spiro atoms. The SMILES string of the molecule is COc1ccc(OC)c(-c2cc(C(=O)N(CCC(=O)NC[C@H]3CCCO3)Cc3ccccc3)no2)c1. The zero-order valence-electron chi connectivity index (χ0n) is 20.6. The normalized spacial score (nSPS) is 14.9. The van der Waals surface area contributed by atoms with Crippen LogP contribution in [0.5, 0.6) is 11.5 Å². The van der Waals surface area contributed by atoms with Crippen molar-refractivity contribution in [3.05, 3.63) is 65.9 Å². The Morgan fingerprint density at radius 1 is 1.11 bits per heavy atom. The van der Waals surface area contributed by atoms with E-state index < -0.39 is 0 Å². The number of nitrogens with one attached hydrogen (secondary N) is 1. The summed E-state index contributed by atoms with van der Waals surface area (Å²) in [7, 11) is 3.12. The molecule has 2 aromatic carbocycles. The highest BCUT2D eigenvalue weighted by Crippen LogP contribution is 2.34. The number of carbonyl (C=O) groups is 2. The van der Waals surface area contributed by atoms with Crippen molar-refractivity contribution < 1.29 is 28.3 Å². The Kier molecular flexibility index (Phi) is 8.57. The number of rotatable bonds is 11. The summed E-state index contributed by atoms with van der Waals surface area (Å²) in [5.41, 5.74) is 1.71. The van der Waals surface area contributed by atoms with Gasteiger partial charge >= 0.3 is 0 Å². The van der Waals surface area contributed by atoms with Crippen LogP contribution in [-0.2, 0) is 16.1 Å². The van der Waals surface area contributed by atoms with Crippen LogP contribution in [0.15, 0.2) is 59.1 Å². The molecule has 1 aliphatic heterocycles. The molecule has 190 valence electrons. The lowest BCUT2D eigenvalue weighted by molar-refractivity contribution is -0.121. The van der Waals surface area contributed by atoms with Crippen molar-refractivity contribution in [1.82, 2.24) is 15.4 Å². The summed E-state index contributed by atoms with van der Waals surface area (Å²) < 4.78 is 21.8. The van der Waals surface area contributed by atoms with Gasteiger partial charge in [0.15, 0.2) is 11.5 Å². The van der Waals surface area contributed by atoms with E-state index in [4.69, 9.17) is 18.7 Å². The predicted molar refractivity (Wildman–Crippen MR) is 133 cm³/mol. The number of hydrogen-bond donors (Lipinski definition) is 1. The Morgan fingerprint density at radius 2 is 1.94 bits per heavy atom. The van der Waals surface area contributed by atoms with Gasteiger partial charge in [-0.25, -0.2) is 0 Å². The minimum Gasteiger partial charge on any atom is -0.497 e. The van der Waals surface area contributed by atoms with Gasteiger partial charge in [0.05, 0.1) is 25.9 Å². The molecule has 0 bridgehead atoms. The summed E-state index contributed by atoms with van der Waals surface area (Å²) in [5, 5.41) is 6.93. The molecule has 0 saturated carbocycles. The van der Waals surface area contributed by atoms with Gasteiger partial charge in [-0.15, -0.1) is 0 Å². The summed E-state index contributed by atoms with van der Waals surface area (Å²) in [6, 6.07) is 16.5. The van der Waals surface area contributed by atoms with E-state index >= 15 is 0 Å². The Bertz CT molecular complexity index is 1160. The highest BCUT2D eigenvalue weighted by molar-refractivity contribution is 5.93. The number of carbonyl (C=O) groups excluding carboxylic acids is 2. The average Bonchev–Trinajstić information content (AvgIpc) is 3.62. The largest absolute Gasteiger partial charge is 0.497 e. The van der Waals surface area contributed by atoms with E-state index in [2.05, 4.69) is 10.5 Å². The van der Waals surface area contributed by atoms with E-state index in [-0.39, 0.29) is 36.6 Å². The fourth-order valence-electron chi connectivity index (χ4n) is 4.09. The van der Waals surface area contributed by atoms with Crippen LogP contribution >= 0.6 is 0 Å². The van der Waals surface area contributed by atoms with Crippen LogP contribution in [0.2, 0.25) is 0 Å². The maximum Gasteiger partial charge on any atom is 0.276 e. The van der Waals surface area contributed by atoms with Crippen LogP contribution < -0.4 is 14.8 Å². The second kappa shape index (κ2) is 12.2. The average molecular weight is 494 g/mol. The number of benzene rings is 2. The van der Waals surface area contributed by atoms with Gasteiger partial charge in [0.1, 0.15) is 11.5 Å². The van der Waals surface area contributed by atoms with Gasteiger partial charge in [-0.1, -0.05) is 35.5 Å². The molecule has 3 aromatic rings. The summed E-state index contributed by atoms with van der Waals surface area (Å²) in [6.07, 6.45) is 2.20. The van der Waals surface area contributed by atoms with Gasteiger partial charge < -0.3 is 29.0 Å². The summed E-state index contributed by atoms with van der Waals surface area (Å²) in [5.74, 6) is 1.11. The van der Waals surface area contributed by atoms with Crippen LogP contribution in [0, 0.1) is 0 Å². The standard InChI is InChI=1S/C27H31N3O6/c1-33-20-10-11-24(34-2)22(15-20)25-16-23(29-36-25)27(32)30(18-19-7-4-3-5-8-19)13-12-26(31)28-17-21-9-6-14-35-21/h3-5,7-8,10-11,15-16,21H,6,9,12-14,17-18H2,1-2H3,(H,28,31)/t21-/m1/s1. The van der Waals surface area contributed by atoms with Gasteiger partial charge in [0.2, 0.25) is 5.91 Å². The van der Waals surface area contributed by atoms with Gasteiger partial charge in [0, 0.05) is 38.7 Å². The first-order valence-corrected chi connectivity index (χ1v) is 12.0. The molecule has 9 nitrogen and oxygen atoms in total. The van der Waals surface area contributed by atoms with E-state index in [0.29, 0.717) is 35.9 Å². The lowest BCUT2D eigenvalue weighted by Gasteiger charge is -2.22.